The quantitative estimate of drug-likeness (QED) is 0.912. The molecule has 3 rings (SSSR count). The molecule has 1 atom stereocenters. The van der Waals surface area contributed by atoms with Crippen molar-refractivity contribution in [3.05, 3.63) is 36.0 Å². The fourth-order valence-corrected chi connectivity index (χ4v) is 2.85. The number of benzene rings is 1. The van der Waals surface area contributed by atoms with E-state index < -0.39 is 0 Å². The highest BCUT2D eigenvalue weighted by molar-refractivity contribution is 5.51. The van der Waals surface area contributed by atoms with Gasteiger partial charge < -0.3 is 15.1 Å². The van der Waals surface area contributed by atoms with Crippen LogP contribution < -0.4 is 15.1 Å². The van der Waals surface area contributed by atoms with Crippen LogP contribution in [0.4, 0.5) is 17.5 Å². The van der Waals surface area contributed by atoms with Crippen molar-refractivity contribution in [2.45, 2.75) is 33.2 Å². The molecule has 0 aliphatic carbocycles. The van der Waals surface area contributed by atoms with Crippen LogP contribution in [0.1, 0.15) is 25.8 Å². The van der Waals surface area contributed by atoms with Gasteiger partial charge in [0.1, 0.15) is 0 Å². The zero-order valence-corrected chi connectivity index (χ0v) is 14.7. The molecule has 24 heavy (non-hydrogen) atoms. The van der Waals surface area contributed by atoms with Crippen LogP contribution in [0.3, 0.4) is 0 Å². The second kappa shape index (κ2) is 7.47. The Morgan fingerprint density at radius 2 is 1.92 bits per heavy atom. The first-order valence-electron chi connectivity index (χ1n) is 8.68. The third-order valence-electron chi connectivity index (χ3n) is 4.50. The van der Waals surface area contributed by atoms with Crippen molar-refractivity contribution in [3.63, 3.8) is 0 Å². The Hall–Kier alpha value is -2.37. The lowest BCUT2D eigenvalue weighted by atomic mass is 10.2. The first-order valence-corrected chi connectivity index (χ1v) is 8.68. The molecular weight excluding hydrogens is 300 g/mol. The number of nitrogens with one attached hydrogen (secondary N) is 1. The van der Waals surface area contributed by atoms with Crippen molar-refractivity contribution in [2.24, 2.45) is 0 Å². The molecule has 2 aromatic rings. The highest BCUT2D eigenvalue weighted by Gasteiger charge is 2.19. The largest absolute Gasteiger partial charge is 0.368 e. The minimum atomic E-state index is 0.347. The van der Waals surface area contributed by atoms with E-state index in [9.17, 15) is 0 Å². The smallest absolute Gasteiger partial charge is 0.244 e. The maximum Gasteiger partial charge on any atom is 0.244 e. The van der Waals surface area contributed by atoms with E-state index in [1.165, 1.54) is 11.3 Å². The number of rotatable bonds is 5. The van der Waals surface area contributed by atoms with Crippen LogP contribution in [0, 0.1) is 6.92 Å². The first kappa shape index (κ1) is 16.5. The predicted octanol–water partition coefficient (Wildman–Crippen LogP) is 2.72. The Morgan fingerprint density at radius 3 is 2.62 bits per heavy atom. The highest BCUT2D eigenvalue weighted by Crippen LogP contribution is 2.20. The highest BCUT2D eigenvalue weighted by atomic mass is 15.3. The summed E-state index contributed by atoms with van der Waals surface area (Å²) in [4.78, 5) is 9.33. The first-order chi connectivity index (χ1) is 11.7. The van der Waals surface area contributed by atoms with Crippen molar-refractivity contribution < 1.29 is 0 Å². The van der Waals surface area contributed by atoms with Gasteiger partial charge in [0.15, 0.2) is 5.82 Å². The second-order valence-corrected chi connectivity index (χ2v) is 6.40. The minimum Gasteiger partial charge on any atom is -0.368 e. The molecule has 0 spiro atoms. The van der Waals surface area contributed by atoms with Crippen LogP contribution in [0.5, 0.6) is 0 Å². The van der Waals surface area contributed by atoms with Crippen LogP contribution in [-0.2, 0) is 0 Å². The second-order valence-electron chi connectivity index (χ2n) is 6.40. The molecule has 2 heterocycles. The summed E-state index contributed by atoms with van der Waals surface area (Å²) >= 11 is 0. The lowest BCUT2D eigenvalue weighted by Gasteiger charge is -2.36. The normalized spacial score (nSPS) is 16.1. The van der Waals surface area contributed by atoms with Gasteiger partial charge in [-0.25, -0.2) is 0 Å². The van der Waals surface area contributed by atoms with E-state index in [0.29, 0.717) is 12.0 Å². The number of aryl methyl sites for hydroxylation is 1. The average Bonchev–Trinajstić information content (AvgIpc) is 2.62. The summed E-state index contributed by atoms with van der Waals surface area (Å²) in [6.45, 7) is 10.3. The maximum absolute atomic E-state index is 4.62. The van der Waals surface area contributed by atoms with Gasteiger partial charge in [-0.05, 0) is 38.0 Å². The minimum absolute atomic E-state index is 0.347. The van der Waals surface area contributed by atoms with Gasteiger partial charge in [-0.1, -0.05) is 19.1 Å². The molecule has 1 N–H and O–H groups in total. The SMILES string of the molecule is CCC(C)Nc1nncc(N2CCN(c3cccc(C)c3)CC2)n1. The number of aromatic nitrogens is 3. The molecular formula is C18H26N6. The molecule has 6 heteroatoms. The molecule has 0 bridgehead atoms. The molecule has 0 saturated carbocycles. The van der Waals surface area contributed by atoms with Crippen molar-refractivity contribution in [3.8, 4) is 0 Å². The summed E-state index contributed by atoms with van der Waals surface area (Å²) in [6.07, 6.45) is 2.78. The Bertz CT molecular complexity index is 666. The summed E-state index contributed by atoms with van der Waals surface area (Å²) in [6, 6.07) is 9.04. The fourth-order valence-electron chi connectivity index (χ4n) is 2.85. The molecule has 1 unspecified atom stereocenters. The summed E-state index contributed by atoms with van der Waals surface area (Å²) in [5.41, 5.74) is 2.60. The van der Waals surface area contributed by atoms with Gasteiger partial charge in [0.2, 0.25) is 5.95 Å². The molecule has 128 valence electrons. The van der Waals surface area contributed by atoms with Gasteiger partial charge in [0, 0.05) is 37.9 Å². The van der Waals surface area contributed by atoms with Crippen LogP contribution in [-0.4, -0.2) is 47.4 Å². The molecule has 1 aliphatic rings. The molecule has 1 aromatic carbocycles. The summed E-state index contributed by atoms with van der Waals surface area (Å²) in [7, 11) is 0. The standard InChI is InChI=1S/C18H26N6/c1-4-15(3)20-18-21-17(13-19-22-18)24-10-8-23(9-11-24)16-7-5-6-14(2)12-16/h5-7,12-13,15H,4,8-11H2,1-3H3,(H,20,21,22). The number of hydrogen-bond donors (Lipinski definition) is 1. The van der Waals surface area contributed by atoms with Gasteiger partial charge in [0.05, 0.1) is 6.20 Å². The van der Waals surface area contributed by atoms with Gasteiger partial charge in [-0.15, -0.1) is 5.10 Å². The van der Waals surface area contributed by atoms with Crippen molar-refractivity contribution in [1.29, 1.82) is 0 Å². The third kappa shape index (κ3) is 3.93. The fraction of sp³-hybridized carbons (Fsp3) is 0.500. The average molecular weight is 326 g/mol. The van der Waals surface area contributed by atoms with E-state index in [2.05, 4.69) is 75.3 Å². The Labute approximate surface area is 143 Å². The summed E-state index contributed by atoms with van der Waals surface area (Å²) in [5, 5.41) is 11.5. The molecule has 6 nitrogen and oxygen atoms in total. The monoisotopic (exact) mass is 326 g/mol. The van der Waals surface area contributed by atoms with Gasteiger partial charge >= 0.3 is 0 Å². The van der Waals surface area contributed by atoms with E-state index in [-0.39, 0.29) is 0 Å². The molecule has 1 aliphatic heterocycles. The van der Waals surface area contributed by atoms with E-state index in [1.807, 2.05) is 0 Å². The molecule has 1 fully saturated rings. The van der Waals surface area contributed by atoms with E-state index in [1.54, 1.807) is 6.20 Å². The molecule has 0 amide bonds. The maximum atomic E-state index is 4.62. The van der Waals surface area contributed by atoms with Crippen LogP contribution in [0.25, 0.3) is 0 Å². The Kier molecular flexibility index (Phi) is 5.13. The lowest BCUT2D eigenvalue weighted by Crippen LogP contribution is -2.47. The molecule has 0 radical (unpaired) electrons. The number of hydrogen-bond acceptors (Lipinski definition) is 6. The Morgan fingerprint density at radius 1 is 1.17 bits per heavy atom. The zero-order chi connectivity index (χ0) is 16.9. The van der Waals surface area contributed by atoms with Crippen LogP contribution in [0.2, 0.25) is 0 Å². The summed E-state index contributed by atoms with van der Waals surface area (Å²) in [5.74, 6) is 1.52. The third-order valence-corrected chi connectivity index (χ3v) is 4.50. The predicted molar refractivity (Wildman–Crippen MR) is 98.8 cm³/mol. The van der Waals surface area contributed by atoms with Crippen molar-refractivity contribution in [2.75, 3.05) is 41.3 Å². The summed E-state index contributed by atoms with van der Waals surface area (Å²) < 4.78 is 0. The Balaban J connectivity index is 1.63. The van der Waals surface area contributed by atoms with Gasteiger partial charge in [0.25, 0.3) is 0 Å². The van der Waals surface area contributed by atoms with Crippen molar-refractivity contribution in [1.82, 2.24) is 15.2 Å². The van der Waals surface area contributed by atoms with E-state index >= 15 is 0 Å². The van der Waals surface area contributed by atoms with Gasteiger partial charge in [-0.3, -0.25) is 0 Å². The van der Waals surface area contributed by atoms with E-state index in [0.717, 1.165) is 38.4 Å². The zero-order valence-electron chi connectivity index (χ0n) is 14.7. The number of anilines is 3. The number of piperazine rings is 1. The molecule has 1 aromatic heterocycles. The van der Waals surface area contributed by atoms with Crippen LogP contribution >= 0.6 is 0 Å². The lowest BCUT2D eigenvalue weighted by molar-refractivity contribution is 0.643. The van der Waals surface area contributed by atoms with Crippen molar-refractivity contribution >= 4 is 17.5 Å². The van der Waals surface area contributed by atoms with Crippen LogP contribution in [0.15, 0.2) is 30.5 Å². The van der Waals surface area contributed by atoms with E-state index in [4.69, 9.17) is 0 Å². The topological polar surface area (TPSA) is 57.2 Å². The van der Waals surface area contributed by atoms with Gasteiger partial charge in [-0.2, -0.15) is 10.1 Å². The number of nitrogens with zero attached hydrogens (tertiary/aromatic N) is 5. The molecule has 1 saturated heterocycles.